The number of rotatable bonds is 8. The lowest BCUT2D eigenvalue weighted by atomic mass is 9.97. The summed E-state index contributed by atoms with van der Waals surface area (Å²) in [6, 6.07) is 10.9. The highest BCUT2D eigenvalue weighted by Gasteiger charge is 2.33. The van der Waals surface area contributed by atoms with Crippen molar-refractivity contribution >= 4 is 21.7 Å². The molecule has 1 aromatic heterocycles. The third-order valence-electron chi connectivity index (χ3n) is 9.11. The molecule has 0 saturated carbocycles. The Balaban J connectivity index is 1.11. The molecule has 3 aliphatic rings. The number of carbonyl (C=O) groups excluding carboxylic acids is 1. The molecule has 3 fully saturated rings. The van der Waals surface area contributed by atoms with Gasteiger partial charge < -0.3 is 19.9 Å². The zero-order valence-corrected chi connectivity index (χ0v) is 25.4. The van der Waals surface area contributed by atoms with E-state index in [1.54, 1.807) is 7.05 Å². The van der Waals surface area contributed by atoms with Crippen LogP contribution in [-0.2, 0) is 14.8 Å². The molecule has 5 rings (SSSR count). The molecule has 0 aliphatic carbocycles. The minimum absolute atomic E-state index is 0.0436. The van der Waals surface area contributed by atoms with E-state index in [9.17, 15) is 13.2 Å². The van der Waals surface area contributed by atoms with Gasteiger partial charge in [0.05, 0.1) is 18.5 Å². The summed E-state index contributed by atoms with van der Waals surface area (Å²) in [5.74, 6) is 0.642. The molecule has 2 atom stereocenters. The van der Waals surface area contributed by atoms with Crippen LogP contribution in [0.25, 0.3) is 0 Å². The second-order valence-corrected chi connectivity index (χ2v) is 13.8. The maximum absolute atomic E-state index is 13.5. The number of nitrogens with one attached hydrogen (secondary N) is 1. The van der Waals surface area contributed by atoms with E-state index in [1.807, 2.05) is 17.9 Å². The van der Waals surface area contributed by atoms with Crippen molar-refractivity contribution in [2.24, 2.45) is 0 Å². The maximum atomic E-state index is 13.5. The van der Waals surface area contributed by atoms with Crippen LogP contribution in [-0.4, -0.2) is 103 Å². The molecule has 0 bridgehead atoms. The van der Waals surface area contributed by atoms with Crippen molar-refractivity contribution in [2.45, 2.75) is 76.2 Å². The van der Waals surface area contributed by atoms with E-state index in [4.69, 9.17) is 4.74 Å². The highest BCUT2D eigenvalue weighted by Crippen LogP contribution is 2.31. The number of likely N-dealkylation sites (tertiary alicyclic amines) is 2. The molecule has 1 amide bonds. The second-order valence-electron chi connectivity index (χ2n) is 11.7. The molecule has 4 heterocycles. The van der Waals surface area contributed by atoms with E-state index < -0.39 is 10.0 Å². The van der Waals surface area contributed by atoms with E-state index in [0.717, 1.165) is 63.6 Å². The Hall–Kier alpha value is -2.60. The van der Waals surface area contributed by atoms with Crippen LogP contribution in [0.5, 0.6) is 0 Å². The number of piperidine rings is 2. The number of nitrogens with zero attached hydrogens (tertiary/aromatic N) is 5. The van der Waals surface area contributed by atoms with Gasteiger partial charge in [-0.3, -0.25) is 4.79 Å². The van der Waals surface area contributed by atoms with Gasteiger partial charge in [0.25, 0.3) is 5.91 Å². The molecule has 41 heavy (non-hydrogen) atoms. The molecule has 3 saturated heterocycles. The smallest absolute Gasteiger partial charge is 0.272 e. The van der Waals surface area contributed by atoms with Crippen molar-refractivity contribution in [3.05, 3.63) is 53.5 Å². The molecule has 10 nitrogen and oxygen atoms in total. The number of sulfonamides is 1. The number of aromatic nitrogens is 2. The van der Waals surface area contributed by atoms with Gasteiger partial charge in [-0.15, -0.1) is 0 Å². The van der Waals surface area contributed by atoms with Crippen molar-refractivity contribution in [1.82, 2.24) is 24.1 Å². The van der Waals surface area contributed by atoms with Gasteiger partial charge in [0.15, 0.2) is 0 Å². The largest absolute Gasteiger partial charge is 0.368 e. The highest BCUT2D eigenvalue weighted by atomic mass is 32.2. The summed E-state index contributed by atoms with van der Waals surface area (Å²) in [5.41, 5.74) is 2.44. The van der Waals surface area contributed by atoms with Crippen LogP contribution >= 0.6 is 0 Å². The molecule has 11 heteroatoms. The number of anilines is 1. The Bertz CT molecular complexity index is 1280. The molecule has 0 spiro atoms. The third kappa shape index (κ3) is 7.25. The zero-order chi connectivity index (χ0) is 29.0. The topological polar surface area (TPSA) is 108 Å². The fourth-order valence-electron chi connectivity index (χ4n) is 6.49. The number of hydrogen-bond acceptors (Lipinski definition) is 8. The van der Waals surface area contributed by atoms with Crippen molar-refractivity contribution in [3.63, 3.8) is 0 Å². The number of carbonyl (C=O) groups is 1. The summed E-state index contributed by atoms with van der Waals surface area (Å²) in [5, 5.41) is 3.43. The first-order valence-electron chi connectivity index (χ1n) is 14.9. The fraction of sp³-hybridized carbons (Fsp3) is 0.633. The first-order chi connectivity index (χ1) is 19.7. The molecule has 3 aliphatic heterocycles. The lowest BCUT2D eigenvalue weighted by Crippen LogP contribution is -2.52. The predicted octanol–water partition coefficient (Wildman–Crippen LogP) is 3.47. The molecular formula is C30H44N6O4S. The average molecular weight is 585 g/mol. The van der Waals surface area contributed by atoms with Gasteiger partial charge >= 0.3 is 0 Å². The van der Waals surface area contributed by atoms with E-state index in [-0.39, 0.29) is 24.2 Å². The Morgan fingerprint density at radius 2 is 1.73 bits per heavy atom. The van der Waals surface area contributed by atoms with Crippen LogP contribution in [0.15, 0.2) is 36.7 Å². The Kier molecular flexibility index (Phi) is 9.58. The predicted molar refractivity (Wildman–Crippen MR) is 159 cm³/mol. The third-order valence-corrected chi connectivity index (χ3v) is 10.5. The lowest BCUT2D eigenvalue weighted by Gasteiger charge is -2.43. The van der Waals surface area contributed by atoms with Gasteiger partial charge in [0, 0.05) is 44.3 Å². The molecule has 224 valence electrons. The second kappa shape index (κ2) is 13.1. The monoisotopic (exact) mass is 584 g/mol. The summed E-state index contributed by atoms with van der Waals surface area (Å²) >= 11 is 0. The first-order valence-corrected chi connectivity index (χ1v) is 16.8. The van der Waals surface area contributed by atoms with Gasteiger partial charge in [0.2, 0.25) is 10.0 Å². The van der Waals surface area contributed by atoms with Crippen LogP contribution in [0, 0.1) is 6.92 Å². The zero-order valence-electron chi connectivity index (χ0n) is 24.5. The Morgan fingerprint density at radius 1 is 1.02 bits per heavy atom. The van der Waals surface area contributed by atoms with Crippen molar-refractivity contribution in [1.29, 1.82) is 0 Å². The SMILES string of the molecule is Cc1c(NC[C@H]2CCC[C@@H](c3ccccc3)O2)ncnc1C(=O)N1CCC(N2CCC(N(C)S(C)(=O)=O)CC2)CC1. The number of benzene rings is 1. The standard InChI is InChI=1S/C30H44N6O4S/c1-22-28(32-21-33-29(22)31-20-26-10-7-11-27(40-26)23-8-5-4-6-9-23)30(37)36-18-14-25(15-19-36)35-16-12-24(13-17-35)34(2)41(3,38)39/h4-6,8-9,21,24-27H,7,10-20H2,1-3H3,(H,31,32,33)/t26-,27+/m1/s1. The fourth-order valence-corrected chi connectivity index (χ4v) is 7.24. The summed E-state index contributed by atoms with van der Waals surface area (Å²) in [4.78, 5) is 26.7. The Labute approximate surface area is 244 Å². The lowest BCUT2D eigenvalue weighted by molar-refractivity contribution is -0.0442. The first kappa shape index (κ1) is 29.9. The molecule has 1 aromatic carbocycles. The van der Waals surface area contributed by atoms with Gasteiger partial charge in [0.1, 0.15) is 17.8 Å². The molecule has 2 aromatic rings. The summed E-state index contributed by atoms with van der Waals surface area (Å²) < 4.78 is 31.7. The summed E-state index contributed by atoms with van der Waals surface area (Å²) in [6.07, 6.45) is 9.60. The maximum Gasteiger partial charge on any atom is 0.272 e. The van der Waals surface area contributed by atoms with Crippen LogP contribution in [0.2, 0.25) is 0 Å². The Morgan fingerprint density at radius 3 is 2.41 bits per heavy atom. The molecule has 0 radical (unpaired) electrons. The van der Waals surface area contributed by atoms with E-state index in [2.05, 4.69) is 44.5 Å². The van der Waals surface area contributed by atoms with Crippen molar-refractivity contribution in [3.8, 4) is 0 Å². The van der Waals surface area contributed by atoms with Gasteiger partial charge in [-0.1, -0.05) is 30.3 Å². The van der Waals surface area contributed by atoms with Gasteiger partial charge in [-0.05, 0) is 70.5 Å². The summed E-state index contributed by atoms with van der Waals surface area (Å²) in [7, 11) is -1.49. The minimum Gasteiger partial charge on any atom is -0.368 e. The summed E-state index contributed by atoms with van der Waals surface area (Å²) in [6.45, 7) is 5.71. The van der Waals surface area contributed by atoms with Crippen LogP contribution in [0.3, 0.4) is 0 Å². The molecule has 0 unspecified atom stereocenters. The molecular weight excluding hydrogens is 540 g/mol. The molecule has 1 N–H and O–H groups in total. The minimum atomic E-state index is -3.17. The van der Waals surface area contributed by atoms with Crippen molar-refractivity contribution in [2.75, 3.05) is 51.3 Å². The van der Waals surface area contributed by atoms with Gasteiger partial charge in [-0.2, -0.15) is 0 Å². The van der Waals surface area contributed by atoms with E-state index >= 15 is 0 Å². The van der Waals surface area contributed by atoms with E-state index in [1.165, 1.54) is 22.5 Å². The van der Waals surface area contributed by atoms with Crippen LogP contribution in [0.4, 0.5) is 5.82 Å². The van der Waals surface area contributed by atoms with Crippen LogP contribution < -0.4 is 5.32 Å². The highest BCUT2D eigenvalue weighted by molar-refractivity contribution is 7.88. The number of amides is 1. The number of ether oxygens (including phenoxy) is 1. The normalized spacial score (nSPS) is 23.6. The van der Waals surface area contributed by atoms with E-state index in [0.29, 0.717) is 37.2 Å². The number of hydrogen-bond donors (Lipinski definition) is 1. The van der Waals surface area contributed by atoms with Gasteiger partial charge in [-0.25, -0.2) is 22.7 Å². The van der Waals surface area contributed by atoms with Crippen LogP contribution in [0.1, 0.15) is 72.7 Å². The average Bonchev–Trinajstić information content (AvgIpc) is 3.00. The quantitative estimate of drug-likeness (QED) is 0.503. The van der Waals surface area contributed by atoms with Crippen molar-refractivity contribution < 1.29 is 17.9 Å².